The minimum absolute atomic E-state index is 0.0828. The van der Waals surface area contributed by atoms with Gasteiger partial charge in [0.2, 0.25) is 11.8 Å². The van der Waals surface area contributed by atoms with Gasteiger partial charge >= 0.3 is 12.1 Å². The molecule has 2 aliphatic heterocycles. The Morgan fingerprint density at radius 3 is 2.04 bits per heavy atom. The second-order valence-corrected chi connectivity index (χ2v) is 5.87. The van der Waals surface area contributed by atoms with Crippen LogP contribution in [0.1, 0.15) is 25.7 Å². The molecule has 0 aliphatic carbocycles. The fourth-order valence-electron chi connectivity index (χ4n) is 2.91. The van der Waals surface area contributed by atoms with E-state index in [1.54, 1.807) is 4.90 Å². The number of carbonyl (C=O) groups is 3. The maximum Gasteiger partial charge on any atom is 0.471 e. The van der Waals surface area contributed by atoms with E-state index in [4.69, 9.17) is 0 Å². The normalized spacial score (nSPS) is 19.8. The van der Waals surface area contributed by atoms with E-state index in [9.17, 15) is 27.6 Å². The number of rotatable bonds is 3. The zero-order valence-electron chi connectivity index (χ0n) is 12.7. The van der Waals surface area contributed by atoms with Crippen LogP contribution in [-0.4, -0.2) is 66.4 Å². The van der Waals surface area contributed by atoms with E-state index in [1.807, 2.05) is 0 Å². The zero-order chi connectivity index (χ0) is 17.0. The van der Waals surface area contributed by atoms with Gasteiger partial charge in [-0.15, -0.1) is 0 Å². The van der Waals surface area contributed by atoms with Crippen molar-refractivity contribution in [3.05, 3.63) is 0 Å². The molecule has 0 aromatic heterocycles. The minimum atomic E-state index is -4.88. The standard InChI is InChI=1S/C14H20F3N3O3/c15-14(16,17)13(23)20-7-3-10(4-8-20)12(22)18-9-11(21)19-5-1-2-6-19/h10H,1-9H2,(H,18,22). The van der Waals surface area contributed by atoms with Gasteiger partial charge in [-0.05, 0) is 25.7 Å². The van der Waals surface area contributed by atoms with Crippen molar-refractivity contribution in [1.82, 2.24) is 15.1 Å². The number of hydrogen-bond donors (Lipinski definition) is 1. The van der Waals surface area contributed by atoms with Crippen molar-refractivity contribution in [1.29, 1.82) is 0 Å². The number of nitrogens with one attached hydrogen (secondary N) is 1. The Labute approximate surface area is 132 Å². The van der Waals surface area contributed by atoms with Crippen molar-refractivity contribution < 1.29 is 27.6 Å². The fraction of sp³-hybridized carbons (Fsp3) is 0.786. The maximum atomic E-state index is 12.3. The molecule has 0 saturated carbocycles. The van der Waals surface area contributed by atoms with Gasteiger partial charge in [0.05, 0.1) is 6.54 Å². The molecular formula is C14H20F3N3O3. The topological polar surface area (TPSA) is 69.7 Å². The van der Waals surface area contributed by atoms with E-state index in [-0.39, 0.29) is 44.3 Å². The van der Waals surface area contributed by atoms with E-state index in [0.29, 0.717) is 13.1 Å². The quantitative estimate of drug-likeness (QED) is 0.818. The number of nitrogens with zero attached hydrogens (tertiary/aromatic N) is 2. The fourth-order valence-corrected chi connectivity index (χ4v) is 2.91. The molecule has 2 aliphatic rings. The number of piperidine rings is 1. The summed E-state index contributed by atoms with van der Waals surface area (Å²) < 4.78 is 37.0. The van der Waals surface area contributed by atoms with Crippen molar-refractivity contribution in [2.24, 2.45) is 5.92 Å². The van der Waals surface area contributed by atoms with Crippen LogP contribution in [0.15, 0.2) is 0 Å². The first-order valence-corrected chi connectivity index (χ1v) is 7.70. The molecule has 1 N–H and O–H groups in total. The Morgan fingerprint density at radius 2 is 1.52 bits per heavy atom. The van der Waals surface area contributed by atoms with Crippen LogP contribution in [0.2, 0.25) is 0 Å². The summed E-state index contributed by atoms with van der Waals surface area (Å²) in [4.78, 5) is 37.3. The highest BCUT2D eigenvalue weighted by Crippen LogP contribution is 2.23. The number of likely N-dealkylation sites (tertiary alicyclic amines) is 2. The molecule has 2 fully saturated rings. The maximum absolute atomic E-state index is 12.3. The zero-order valence-corrected chi connectivity index (χ0v) is 12.7. The van der Waals surface area contributed by atoms with E-state index in [2.05, 4.69) is 5.32 Å². The molecule has 130 valence electrons. The summed E-state index contributed by atoms with van der Waals surface area (Å²) in [5.41, 5.74) is 0. The Balaban J connectivity index is 1.73. The summed E-state index contributed by atoms with van der Waals surface area (Å²) in [5, 5.41) is 2.55. The molecule has 0 aromatic carbocycles. The first-order chi connectivity index (χ1) is 10.8. The van der Waals surface area contributed by atoms with Gasteiger partial charge in [-0.2, -0.15) is 13.2 Å². The lowest BCUT2D eigenvalue weighted by Crippen LogP contribution is -2.48. The average Bonchev–Trinajstić information content (AvgIpc) is 3.05. The highest BCUT2D eigenvalue weighted by molar-refractivity contribution is 5.86. The second-order valence-electron chi connectivity index (χ2n) is 5.87. The van der Waals surface area contributed by atoms with Gasteiger partial charge in [0, 0.05) is 32.1 Å². The first kappa shape index (κ1) is 17.6. The lowest BCUT2D eigenvalue weighted by Gasteiger charge is -2.31. The minimum Gasteiger partial charge on any atom is -0.347 e. The molecule has 2 heterocycles. The van der Waals surface area contributed by atoms with Crippen LogP contribution in [0.5, 0.6) is 0 Å². The van der Waals surface area contributed by atoms with E-state index >= 15 is 0 Å². The van der Waals surface area contributed by atoms with Crippen LogP contribution < -0.4 is 5.32 Å². The van der Waals surface area contributed by atoms with Crippen molar-refractivity contribution >= 4 is 17.7 Å². The van der Waals surface area contributed by atoms with Crippen molar-refractivity contribution in [2.75, 3.05) is 32.7 Å². The van der Waals surface area contributed by atoms with Crippen LogP contribution in [0.25, 0.3) is 0 Å². The number of amides is 3. The van der Waals surface area contributed by atoms with E-state index in [0.717, 1.165) is 17.7 Å². The van der Waals surface area contributed by atoms with Crippen LogP contribution in [0.3, 0.4) is 0 Å². The molecule has 9 heteroatoms. The first-order valence-electron chi connectivity index (χ1n) is 7.70. The molecule has 0 bridgehead atoms. The molecule has 0 unspecified atom stereocenters. The van der Waals surface area contributed by atoms with Crippen LogP contribution in [-0.2, 0) is 14.4 Å². The summed E-state index contributed by atoms with van der Waals surface area (Å²) in [6.45, 7) is 1.12. The highest BCUT2D eigenvalue weighted by atomic mass is 19.4. The molecule has 3 amide bonds. The van der Waals surface area contributed by atoms with Gasteiger partial charge in [-0.3, -0.25) is 14.4 Å². The summed E-state index contributed by atoms with van der Waals surface area (Å²) >= 11 is 0. The summed E-state index contributed by atoms with van der Waals surface area (Å²) in [6, 6.07) is 0. The van der Waals surface area contributed by atoms with Gasteiger partial charge < -0.3 is 15.1 Å². The van der Waals surface area contributed by atoms with Crippen LogP contribution in [0.4, 0.5) is 13.2 Å². The molecule has 6 nitrogen and oxygen atoms in total. The number of hydrogen-bond acceptors (Lipinski definition) is 3. The average molecular weight is 335 g/mol. The Morgan fingerprint density at radius 1 is 0.957 bits per heavy atom. The van der Waals surface area contributed by atoms with Crippen molar-refractivity contribution in [2.45, 2.75) is 31.9 Å². The van der Waals surface area contributed by atoms with Crippen LogP contribution in [0, 0.1) is 5.92 Å². The lowest BCUT2D eigenvalue weighted by molar-refractivity contribution is -0.186. The number of halogens is 3. The summed E-state index contributed by atoms with van der Waals surface area (Å²) in [7, 11) is 0. The third-order valence-electron chi connectivity index (χ3n) is 4.27. The van der Waals surface area contributed by atoms with Gasteiger partial charge in [-0.1, -0.05) is 0 Å². The predicted octanol–water partition coefficient (Wildman–Crippen LogP) is 0.526. The largest absolute Gasteiger partial charge is 0.471 e. The SMILES string of the molecule is O=C(NCC(=O)N1CCCC1)C1CCN(C(=O)C(F)(F)F)CC1. The van der Waals surface area contributed by atoms with Gasteiger partial charge in [-0.25, -0.2) is 0 Å². The van der Waals surface area contributed by atoms with Crippen molar-refractivity contribution in [3.63, 3.8) is 0 Å². The Hall–Kier alpha value is -1.80. The molecule has 23 heavy (non-hydrogen) atoms. The van der Waals surface area contributed by atoms with E-state index < -0.39 is 18.0 Å². The van der Waals surface area contributed by atoms with Gasteiger partial charge in [0.25, 0.3) is 0 Å². The molecule has 0 spiro atoms. The second kappa shape index (κ2) is 7.18. The summed E-state index contributed by atoms with van der Waals surface area (Å²) in [5.74, 6) is -2.79. The molecule has 2 saturated heterocycles. The molecule has 0 atom stereocenters. The summed E-state index contributed by atoms with van der Waals surface area (Å²) in [6.07, 6.45) is -2.61. The molecular weight excluding hydrogens is 315 g/mol. The lowest BCUT2D eigenvalue weighted by atomic mass is 9.96. The molecule has 0 aromatic rings. The van der Waals surface area contributed by atoms with Gasteiger partial charge in [0.15, 0.2) is 0 Å². The smallest absolute Gasteiger partial charge is 0.347 e. The van der Waals surface area contributed by atoms with Crippen LogP contribution >= 0.6 is 0 Å². The highest BCUT2D eigenvalue weighted by Gasteiger charge is 2.43. The van der Waals surface area contributed by atoms with E-state index in [1.165, 1.54) is 0 Å². The number of alkyl halides is 3. The monoisotopic (exact) mass is 335 g/mol. The molecule has 0 radical (unpaired) electrons. The third kappa shape index (κ3) is 4.59. The van der Waals surface area contributed by atoms with Gasteiger partial charge in [0.1, 0.15) is 0 Å². The predicted molar refractivity (Wildman–Crippen MR) is 74.2 cm³/mol. The third-order valence-corrected chi connectivity index (χ3v) is 4.27. The van der Waals surface area contributed by atoms with Crippen molar-refractivity contribution in [3.8, 4) is 0 Å². The Kier molecular flexibility index (Phi) is 5.48. The Bertz CT molecular complexity index is 468. The number of carbonyl (C=O) groups excluding carboxylic acids is 3. The molecule has 2 rings (SSSR count).